The zero-order chi connectivity index (χ0) is 11.3. The molecule has 5 heteroatoms. The molecule has 0 saturated carbocycles. The van der Waals surface area contributed by atoms with Gasteiger partial charge in [-0.3, -0.25) is 4.98 Å². The van der Waals surface area contributed by atoms with Crippen molar-refractivity contribution in [2.75, 3.05) is 0 Å². The minimum Gasteiger partial charge on any atom is -0.253 e. The van der Waals surface area contributed by atoms with Crippen LogP contribution in [-0.4, -0.2) is 13.7 Å². The molecule has 2 heterocycles. The lowest BCUT2D eigenvalue weighted by atomic mass is 10.0. The van der Waals surface area contributed by atoms with E-state index < -0.39 is 0 Å². The van der Waals surface area contributed by atoms with Crippen LogP contribution in [0.1, 0.15) is 11.1 Å². The highest BCUT2D eigenvalue weighted by molar-refractivity contribution is 7.00. The first-order valence-corrected chi connectivity index (χ1v) is 5.58. The van der Waals surface area contributed by atoms with Gasteiger partial charge in [-0.05, 0) is 25.5 Å². The van der Waals surface area contributed by atoms with Gasteiger partial charge in [0, 0.05) is 10.9 Å². The Kier molecular flexibility index (Phi) is 1.91. The summed E-state index contributed by atoms with van der Waals surface area (Å²) >= 11 is 1.17. The standard InChI is InChI=1S/C11H8FN3S/c1-5-8-3-7(12)4-13-9(8)6(2)11-10(5)14-16-15-11/h3-4H,1-2H3. The van der Waals surface area contributed by atoms with Crippen LogP contribution in [0.4, 0.5) is 4.39 Å². The van der Waals surface area contributed by atoms with Crippen LogP contribution in [0.15, 0.2) is 12.3 Å². The molecule has 3 aromatic rings. The summed E-state index contributed by atoms with van der Waals surface area (Å²) in [6.07, 6.45) is 1.24. The quantitative estimate of drug-likeness (QED) is 0.599. The molecule has 0 bridgehead atoms. The zero-order valence-corrected chi connectivity index (χ0v) is 9.60. The third-order valence-corrected chi connectivity index (χ3v) is 3.34. The normalized spacial score (nSPS) is 11.4. The van der Waals surface area contributed by atoms with Crippen LogP contribution in [-0.2, 0) is 0 Å². The summed E-state index contributed by atoms with van der Waals surface area (Å²) in [6, 6.07) is 1.50. The van der Waals surface area contributed by atoms with Crippen molar-refractivity contribution in [3.05, 3.63) is 29.2 Å². The second-order valence-electron chi connectivity index (χ2n) is 3.76. The van der Waals surface area contributed by atoms with E-state index in [-0.39, 0.29) is 5.82 Å². The van der Waals surface area contributed by atoms with Gasteiger partial charge in [0.2, 0.25) is 0 Å². The van der Waals surface area contributed by atoms with Crippen molar-refractivity contribution >= 4 is 33.7 Å². The highest BCUT2D eigenvalue weighted by atomic mass is 32.1. The van der Waals surface area contributed by atoms with Gasteiger partial charge >= 0.3 is 0 Å². The molecule has 0 N–H and O–H groups in total. The number of aryl methyl sites for hydroxylation is 2. The molecule has 0 amide bonds. The van der Waals surface area contributed by atoms with Gasteiger partial charge in [0.1, 0.15) is 16.9 Å². The van der Waals surface area contributed by atoms with Gasteiger partial charge in [-0.15, -0.1) is 0 Å². The number of halogens is 1. The number of fused-ring (bicyclic) bond motifs is 2. The maximum atomic E-state index is 13.2. The molecule has 16 heavy (non-hydrogen) atoms. The minimum absolute atomic E-state index is 0.322. The third-order valence-electron chi connectivity index (χ3n) is 2.81. The molecule has 80 valence electrons. The summed E-state index contributed by atoms with van der Waals surface area (Å²) in [4.78, 5) is 4.13. The predicted octanol–water partition coefficient (Wildman–Crippen LogP) is 3.00. The second-order valence-corrected chi connectivity index (χ2v) is 4.29. The number of hydrogen-bond acceptors (Lipinski definition) is 4. The first kappa shape index (κ1) is 9.59. The average Bonchev–Trinajstić information content (AvgIpc) is 2.75. The van der Waals surface area contributed by atoms with E-state index in [1.165, 1.54) is 24.0 Å². The Morgan fingerprint density at radius 3 is 2.50 bits per heavy atom. The lowest BCUT2D eigenvalue weighted by Crippen LogP contribution is -1.91. The summed E-state index contributed by atoms with van der Waals surface area (Å²) in [5.74, 6) is -0.322. The van der Waals surface area contributed by atoms with Crippen LogP contribution in [0.5, 0.6) is 0 Å². The maximum absolute atomic E-state index is 13.2. The fraction of sp³-hybridized carbons (Fsp3) is 0.182. The summed E-state index contributed by atoms with van der Waals surface area (Å²) in [5.41, 5.74) is 4.43. The number of nitrogens with zero attached hydrogens (tertiary/aromatic N) is 3. The largest absolute Gasteiger partial charge is 0.253 e. The Morgan fingerprint density at radius 1 is 1.06 bits per heavy atom. The van der Waals surface area contributed by atoms with Gasteiger partial charge in [0.15, 0.2) is 0 Å². The van der Waals surface area contributed by atoms with E-state index in [1.54, 1.807) is 0 Å². The number of benzene rings is 1. The lowest BCUT2D eigenvalue weighted by Gasteiger charge is -2.05. The SMILES string of the molecule is Cc1c2cc(F)cnc2c(C)c2nsnc12. The van der Waals surface area contributed by atoms with Crippen molar-refractivity contribution in [2.45, 2.75) is 13.8 Å². The van der Waals surface area contributed by atoms with Crippen molar-refractivity contribution < 1.29 is 4.39 Å². The van der Waals surface area contributed by atoms with Gasteiger partial charge < -0.3 is 0 Å². The zero-order valence-electron chi connectivity index (χ0n) is 8.78. The first-order chi connectivity index (χ1) is 7.68. The number of rotatable bonds is 0. The fourth-order valence-electron chi connectivity index (χ4n) is 1.94. The van der Waals surface area contributed by atoms with E-state index in [0.717, 1.165) is 33.1 Å². The number of pyridine rings is 1. The molecule has 3 rings (SSSR count). The van der Waals surface area contributed by atoms with Crippen LogP contribution < -0.4 is 0 Å². The molecule has 0 fully saturated rings. The molecule has 0 saturated heterocycles. The van der Waals surface area contributed by atoms with E-state index >= 15 is 0 Å². The molecule has 0 atom stereocenters. The summed E-state index contributed by atoms with van der Waals surface area (Å²) in [6.45, 7) is 3.86. The van der Waals surface area contributed by atoms with Crippen molar-refractivity contribution in [1.82, 2.24) is 13.7 Å². The van der Waals surface area contributed by atoms with Crippen molar-refractivity contribution in [1.29, 1.82) is 0 Å². The van der Waals surface area contributed by atoms with Crippen LogP contribution in [0.2, 0.25) is 0 Å². The second kappa shape index (κ2) is 3.18. The highest BCUT2D eigenvalue weighted by Crippen LogP contribution is 2.29. The van der Waals surface area contributed by atoms with Crippen LogP contribution in [0, 0.1) is 19.7 Å². The molecule has 0 unspecified atom stereocenters. The van der Waals surface area contributed by atoms with E-state index in [0.29, 0.717) is 0 Å². The van der Waals surface area contributed by atoms with E-state index in [2.05, 4.69) is 13.7 Å². The Hall–Kier alpha value is -1.62. The Labute approximate surface area is 95.3 Å². The Morgan fingerprint density at radius 2 is 1.75 bits per heavy atom. The van der Waals surface area contributed by atoms with Crippen molar-refractivity contribution in [3.8, 4) is 0 Å². The van der Waals surface area contributed by atoms with Crippen LogP contribution >= 0.6 is 11.7 Å². The van der Waals surface area contributed by atoms with Gasteiger partial charge in [-0.25, -0.2) is 4.39 Å². The van der Waals surface area contributed by atoms with Gasteiger partial charge in [-0.1, -0.05) is 0 Å². The molecule has 0 aliphatic heterocycles. The van der Waals surface area contributed by atoms with Crippen LogP contribution in [0.3, 0.4) is 0 Å². The molecular weight excluding hydrogens is 225 g/mol. The lowest BCUT2D eigenvalue weighted by molar-refractivity contribution is 0.624. The van der Waals surface area contributed by atoms with Crippen molar-refractivity contribution in [2.24, 2.45) is 0 Å². The summed E-state index contributed by atoms with van der Waals surface area (Å²) in [7, 11) is 0. The molecule has 0 radical (unpaired) electrons. The molecule has 0 spiro atoms. The van der Waals surface area contributed by atoms with E-state index in [4.69, 9.17) is 0 Å². The molecule has 2 aromatic heterocycles. The Bertz CT molecular complexity index is 705. The van der Waals surface area contributed by atoms with Crippen molar-refractivity contribution in [3.63, 3.8) is 0 Å². The number of aromatic nitrogens is 3. The summed E-state index contributed by atoms with van der Waals surface area (Å²) < 4.78 is 21.7. The average molecular weight is 233 g/mol. The topological polar surface area (TPSA) is 38.7 Å². The molecule has 1 aromatic carbocycles. The molecule has 3 nitrogen and oxygen atoms in total. The van der Waals surface area contributed by atoms with Gasteiger partial charge in [-0.2, -0.15) is 8.75 Å². The van der Waals surface area contributed by atoms with E-state index in [9.17, 15) is 4.39 Å². The highest BCUT2D eigenvalue weighted by Gasteiger charge is 2.13. The Balaban J connectivity index is 2.64. The molecule has 0 aliphatic carbocycles. The number of hydrogen-bond donors (Lipinski definition) is 0. The monoisotopic (exact) mass is 233 g/mol. The van der Waals surface area contributed by atoms with Gasteiger partial charge in [0.25, 0.3) is 0 Å². The fourth-order valence-corrected chi connectivity index (χ4v) is 2.60. The third kappa shape index (κ3) is 1.15. The molecular formula is C11H8FN3S. The smallest absolute Gasteiger partial charge is 0.142 e. The molecule has 0 aliphatic rings. The predicted molar refractivity (Wildman–Crippen MR) is 62.1 cm³/mol. The summed E-state index contributed by atoms with van der Waals surface area (Å²) in [5, 5.41) is 0.817. The minimum atomic E-state index is -0.322. The van der Waals surface area contributed by atoms with Crippen LogP contribution in [0.25, 0.3) is 21.9 Å². The first-order valence-electron chi connectivity index (χ1n) is 4.85. The van der Waals surface area contributed by atoms with E-state index in [1.807, 2.05) is 13.8 Å². The maximum Gasteiger partial charge on any atom is 0.142 e. The van der Waals surface area contributed by atoms with Gasteiger partial charge in [0.05, 0.1) is 23.4 Å².